The Morgan fingerprint density at radius 1 is 0.964 bits per heavy atom. The summed E-state index contributed by atoms with van der Waals surface area (Å²) in [5.74, 6) is -1.97. The van der Waals surface area contributed by atoms with E-state index in [1.165, 1.54) is 7.11 Å². The Bertz CT molecular complexity index is 1070. The first-order valence-corrected chi connectivity index (χ1v) is 8.84. The average molecular weight is 378 g/mol. The van der Waals surface area contributed by atoms with Crippen molar-refractivity contribution in [3.05, 3.63) is 71.4 Å². The molecule has 0 saturated carbocycles. The van der Waals surface area contributed by atoms with Crippen molar-refractivity contribution in [2.45, 2.75) is 13.1 Å². The van der Waals surface area contributed by atoms with Crippen LogP contribution in [0.1, 0.15) is 26.3 Å². The summed E-state index contributed by atoms with van der Waals surface area (Å²) in [6.07, 6.45) is 1.66. The van der Waals surface area contributed by atoms with E-state index in [0.717, 1.165) is 11.1 Å². The van der Waals surface area contributed by atoms with Gasteiger partial charge in [0.2, 0.25) is 0 Å². The van der Waals surface area contributed by atoms with E-state index in [1.54, 1.807) is 41.6 Å². The highest BCUT2D eigenvalue weighted by Gasteiger charge is 2.26. The molecule has 0 fully saturated rings. The van der Waals surface area contributed by atoms with E-state index in [-0.39, 0.29) is 0 Å². The maximum absolute atomic E-state index is 12.4. The van der Waals surface area contributed by atoms with Crippen LogP contribution in [-0.4, -0.2) is 41.0 Å². The van der Waals surface area contributed by atoms with E-state index in [4.69, 9.17) is 4.84 Å². The Morgan fingerprint density at radius 2 is 1.75 bits per heavy atom. The number of aromatic nitrogens is 1. The SMILES string of the molecule is COC(=O)C(=O)c1cn2c3c(cccc13)CN(OC(=O)c1ccccc1)CC2. The van der Waals surface area contributed by atoms with Crippen molar-refractivity contribution >= 4 is 28.6 Å². The molecule has 1 aliphatic heterocycles. The minimum atomic E-state index is -0.889. The van der Waals surface area contributed by atoms with Crippen LogP contribution in [-0.2, 0) is 27.5 Å². The molecule has 1 aromatic heterocycles. The predicted molar refractivity (Wildman–Crippen MR) is 101 cm³/mol. The van der Waals surface area contributed by atoms with Crippen molar-refractivity contribution in [2.75, 3.05) is 13.7 Å². The maximum atomic E-state index is 12.4. The second kappa shape index (κ2) is 7.28. The van der Waals surface area contributed by atoms with Gasteiger partial charge in [0.25, 0.3) is 5.78 Å². The van der Waals surface area contributed by atoms with Gasteiger partial charge in [-0.05, 0) is 17.7 Å². The highest BCUT2D eigenvalue weighted by molar-refractivity contribution is 6.43. The van der Waals surface area contributed by atoms with E-state index in [9.17, 15) is 14.4 Å². The second-order valence-electron chi connectivity index (χ2n) is 6.48. The monoisotopic (exact) mass is 378 g/mol. The van der Waals surface area contributed by atoms with Crippen LogP contribution in [0.4, 0.5) is 0 Å². The van der Waals surface area contributed by atoms with Gasteiger partial charge in [-0.1, -0.05) is 36.4 Å². The molecule has 0 aliphatic carbocycles. The third-order valence-corrected chi connectivity index (χ3v) is 4.76. The average Bonchev–Trinajstić information content (AvgIpc) is 3.01. The number of hydrogen-bond acceptors (Lipinski definition) is 6. The van der Waals surface area contributed by atoms with Gasteiger partial charge in [0.05, 0.1) is 36.8 Å². The molecule has 7 heteroatoms. The standard InChI is InChI=1S/C21H18N2O5/c1-27-21(26)19(24)17-13-22-10-11-23(12-15-8-5-9-16(17)18(15)22)28-20(25)14-6-3-2-4-7-14/h2-9,13H,10-12H2,1H3. The molecule has 0 saturated heterocycles. The number of carbonyl (C=O) groups excluding carboxylic acids is 3. The zero-order chi connectivity index (χ0) is 19.7. The second-order valence-corrected chi connectivity index (χ2v) is 6.48. The van der Waals surface area contributed by atoms with Gasteiger partial charge in [0.1, 0.15) is 0 Å². The molecule has 0 unspecified atom stereocenters. The lowest BCUT2D eigenvalue weighted by molar-refractivity contribution is -0.135. The Labute approximate surface area is 161 Å². The van der Waals surface area contributed by atoms with E-state index in [0.29, 0.717) is 36.1 Å². The summed E-state index contributed by atoms with van der Waals surface area (Å²) in [5, 5.41) is 2.29. The predicted octanol–water partition coefficient (Wildman–Crippen LogP) is 2.58. The molecule has 2 aromatic carbocycles. The third-order valence-electron chi connectivity index (χ3n) is 4.76. The largest absolute Gasteiger partial charge is 0.463 e. The van der Waals surface area contributed by atoms with Gasteiger partial charge in [-0.15, -0.1) is 5.06 Å². The summed E-state index contributed by atoms with van der Waals surface area (Å²) < 4.78 is 6.48. The topological polar surface area (TPSA) is 77.8 Å². The number of ether oxygens (including phenoxy) is 1. The summed E-state index contributed by atoms with van der Waals surface area (Å²) in [7, 11) is 1.19. The van der Waals surface area contributed by atoms with Crippen LogP contribution in [0.15, 0.2) is 54.7 Å². The number of rotatable bonds is 4. The van der Waals surface area contributed by atoms with Crippen molar-refractivity contribution in [1.82, 2.24) is 9.63 Å². The molecule has 7 nitrogen and oxygen atoms in total. The van der Waals surface area contributed by atoms with Crippen molar-refractivity contribution in [3.63, 3.8) is 0 Å². The van der Waals surface area contributed by atoms with Gasteiger partial charge in [-0.3, -0.25) is 4.79 Å². The molecule has 1 aliphatic rings. The minimum Gasteiger partial charge on any atom is -0.463 e. The molecule has 4 rings (SSSR count). The van der Waals surface area contributed by atoms with Crippen molar-refractivity contribution < 1.29 is 24.0 Å². The lowest BCUT2D eigenvalue weighted by Gasteiger charge is -2.19. The summed E-state index contributed by atoms with van der Waals surface area (Å²) in [4.78, 5) is 41.9. The van der Waals surface area contributed by atoms with Crippen molar-refractivity contribution in [1.29, 1.82) is 0 Å². The minimum absolute atomic E-state index is 0.318. The van der Waals surface area contributed by atoms with Gasteiger partial charge in [-0.2, -0.15) is 0 Å². The molecule has 0 bridgehead atoms. The highest BCUT2D eigenvalue weighted by atomic mass is 16.7. The molecule has 0 amide bonds. The molecule has 0 radical (unpaired) electrons. The van der Waals surface area contributed by atoms with Crippen LogP contribution in [0.25, 0.3) is 10.9 Å². The number of nitrogens with zero attached hydrogens (tertiary/aromatic N) is 2. The highest BCUT2D eigenvalue weighted by Crippen LogP contribution is 2.28. The fourth-order valence-electron chi connectivity index (χ4n) is 3.44. The number of benzene rings is 2. The molecular formula is C21H18N2O5. The zero-order valence-corrected chi connectivity index (χ0v) is 15.3. The van der Waals surface area contributed by atoms with Gasteiger partial charge >= 0.3 is 11.9 Å². The molecule has 2 heterocycles. The van der Waals surface area contributed by atoms with Crippen LogP contribution >= 0.6 is 0 Å². The molecular weight excluding hydrogens is 360 g/mol. The quantitative estimate of drug-likeness (QED) is 0.395. The van der Waals surface area contributed by atoms with Crippen LogP contribution < -0.4 is 0 Å². The first kappa shape index (κ1) is 17.9. The first-order valence-electron chi connectivity index (χ1n) is 8.84. The lowest BCUT2D eigenvalue weighted by atomic mass is 10.1. The van der Waals surface area contributed by atoms with Gasteiger partial charge < -0.3 is 14.1 Å². The number of esters is 1. The molecule has 142 valence electrons. The summed E-state index contributed by atoms with van der Waals surface area (Å²) in [6.45, 7) is 1.33. The van der Waals surface area contributed by atoms with E-state index >= 15 is 0 Å². The Morgan fingerprint density at radius 3 is 2.50 bits per heavy atom. The fourth-order valence-corrected chi connectivity index (χ4v) is 3.44. The number of Topliss-reactive ketones (excluding diaryl/α,β-unsaturated/α-hetero) is 1. The van der Waals surface area contributed by atoms with Gasteiger partial charge in [0.15, 0.2) is 0 Å². The van der Waals surface area contributed by atoms with Crippen LogP contribution in [0, 0.1) is 0 Å². The summed E-state index contributed by atoms with van der Waals surface area (Å²) >= 11 is 0. The smallest absolute Gasteiger partial charge is 0.379 e. The fraction of sp³-hybridized carbons (Fsp3) is 0.190. The molecule has 0 atom stereocenters. The normalized spacial score (nSPS) is 13.8. The third kappa shape index (κ3) is 3.16. The number of ketones is 1. The molecule has 28 heavy (non-hydrogen) atoms. The number of hydrogen-bond donors (Lipinski definition) is 0. The van der Waals surface area contributed by atoms with E-state index in [1.807, 2.05) is 22.8 Å². The van der Waals surface area contributed by atoms with Crippen molar-refractivity contribution in [3.8, 4) is 0 Å². The van der Waals surface area contributed by atoms with Gasteiger partial charge in [-0.25, -0.2) is 9.59 Å². The molecule has 0 spiro atoms. The van der Waals surface area contributed by atoms with Crippen LogP contribution in [0.3, 0.4) is 0 Å². The Kier molecular flexibility index (Phi) is 4.67. The number of para-hydroxylation sites is 1. The van der Waals surface area contributed by atoms with E-state index < -0.39 is 17.7 Å². The Balaban J connectivity index is 1.63. The molecule has 0 N–H and O–H groups in total. The summed E-state index contributed by atoms with van der Waals surface area (Å²) in [5.41, 5.74) is 2.56. The summed E-state index contributed by atoms with van der Waals surface area (Å²) in [6, 6.07) is 14.3. The van der Waals surface area contributed by atoms with Crippen LogP contribution in [0.2, 0.25) is 0 Å². The van der Waals surface area contributed by atoms with Gasteiger partial charge in [0, 0.05) is 18.1 Å². The molecule has 3 aromatic rings. The maximum Gasteiger partial charge on any atom is 0.379 e. The van der Waals surface area contributed by atoms with E-state index in [2.05, 4.69) is 4.74 Å². The lowest BCUT2D eigenvalue weighted by Crippen LogP contribution is -2.28. The van der Waals surface area contributed by atoms with Crippen LogP contribution in [0.5, 0.6) is 0 Å². The number of carbonyl (C=O) groups is 3. The van der Waals surface area contributed by atoms with Crippen molar-refractivity contribution in [2.24, 2.45) is 0 Å². The number of hydroxylamine groups is 2. The Hall–Kier alpha value is -3.45. The number of methoxy groups -OCH3 is 1. The zero-order valence-electron chi connectivity index (χ0n) is 15.3. The first-order chi connectivity index (χ1) is 13.6.